The van der Waals surface area contributed by atoms with E-state index in [4.69, 9.17) is 18.9 Å². The van der Waals surface area contributed by atoms with Crippen molar-refractivity contribution < 1.29 is 33.3 Å². The monoisotopic (exact) mass is 896 g/mol. The molecule has 14 nitrogen and oxygen atoms in total. The number of hydrogen-bond acceptors (Lipinski definition) is 10. The van der Waals surface area contributed by atoms with Crippen LogP contribution >= 0.6 is 0 Å². The normalized spacial score (nSPS) is 15.6. The molecule has 3 aromatic carbocycles. The fourth-order valence-electron chi connectivity index (χ4n) is 9.48. The van der Waals surface area contributed by atoms with Crippen LogP contribution in [0.4, 0.5) is 5.69 Å². The Kier molecular flexibility index (Phi) is 14.9. The molecule has 6 aromatic rings. The Balaban J connectivity index is 0.830. The van der Waals surface area contributed by atoms with Gasteiger partial charge in [-0.1, -0.05) is 24.3 Å². The number of benzene rings is 3. The Labute approximate surface area is 385 Å². The van der Waals surface area contributed by atoms with Gasteiger partial charge in [-0.2, -0.15) is 0 Å². The minimum atomic E-state index is -0.493. The van der Waals surface area contributed by atoms with Crippen LogP contribution in [-0.2, 0) is 36.8 Å². The molecule has 2 aliphatic heterocycles. The summed E-state index contributed by atoms with van der Waals surface area (Å²) in [6.45, 7) is 12.5. The first kappa shape index (κ1) is 46.2. The minimum Gasteiger partial charge on any atom is -0.491 e. The van der Waals surface area contributed by atoms with Crippen molar-refractivity contribution in [2.45, 2.75) is 84.8 Å². The highest BCUT2D eigenvalue weighted by molar-refractivity contribution is 6.10. The van der Waals surface area contributed by atoms with Crippen molar-refractivity contribution >= 4 is 45.3 Å². The fourth-order valence-corrected chi connectivity index (χ4v) is 9.48. The number of aryl methyl sites for hydroxylation is 3. The second-order valence-corrected chi connectivity index (χ2v) is 17.1. The van der Waals surface area contributed by atoms with Gasteiger partial charge in [-0.25, -0.2) is 4.98 Å². The Morgan fingerprint density at radius 2 is 1.67 bits per heavy atom. The number of anilines is 1. The first-order chi connectivity index (χ1) is 32.1. The van der Waals surface area contributed by atoms with Crippen LogP contribution < -0.4 is 25.8 Å². The molecule has 8 rings (SSSR count). The van der Waals surface area contributed by atoms with Crippen LogP contribution in [0.15, 0.2) is 83.8 Å². The summed E-state index contributed by atoms with van der Waals surface area (Å²) in [5.74, 6) is -0.0477. The number of fused-ring (bicyclic) bond motifs is 3. The first-order valence-corrected chi connectivity index (χ1v) is 23.2. The number of nitrogens with zero attached hydrogens (tertiary/aromatic N) is 3. The summed E-state index contributed by atoms with van der Waals surface area (Å²) < 4.78 is 25.4. The standard InChI is InChI=1S/C52H60N6O8/c1-5-57(39-19-23-64-24-20-39)46-31-38(30-42(35(46)4)50(60)54-32-43-33(2)29-34(3)55-51(43)61)36-13-15-40(16-14-36)66-28-27-65-26-25-63-22-8-10-37-9-6-12-44-48(37)41-11-7-21-53-49(41)58(44)45-17-18-47(59)56-52(45)62/h6-7,9,11-16,21,29-31,39,45H,5,8,10,17-20,22-28,32H2,1-4H3,(H,54,60)(H,55,61)(H,56,59,62). The van der Waals surface area contributed by atoms with Crippen LogP contribution in [0.25, 0.3) is 33.1 Å². The number of amides is 3. The zero-order valence-electron chi connectivity index (χ0n) is 38.4. The molecule has 0 aliphatic carbocycles. The molecule has 2 saturated heterocycles. The highest BCUT2D eigenvalue weighted by Crippen LogP contribution is 2.37. The quantitative estimate of drug-likeness (QED) is 0.0550. The van der Waals surface area contributed by atoms with Crippen molar-refractivity contribution in [2.24, 2.45) is 0 Å². The number of hydrogen-bond donors (Lipinski definition) is 3. The van der Waals surface area contributed by atoms with Gasteiger partial charge in [-0.05, 0) is 136 Å². The lowest BCUT2D eigenvalue weighted by Gasteiger charge is -2.37. The molecule has 66 heavy (non-hydrogen) atoms. The van der Waals surface area contributed by atoms with Crippen molar-refractivity contribution in [1.29, 1.82) is 0 Å². The van der Waals surface area contributed by atoms with Crippen molar-refractivity contribution in [3.05, 3.63) is 123 Å². The number of pyridine rings is 2. The molecule has 5 heterocycles. The van der Waals surface area contributed by atoms with E-state index in [0.29, 0.717) is 82.0 Å². The summed E-state index contributed by atoms with van der Waals surface area (Å²) in [6, 6.07) is 23.8. The van der Waals surface area contributed by atoms with E-state index in [1.807, 2.05) is 86.0 Å². The molecule has 0 spiro atoms. The Hall–Kier alpha value is -6.35. The molecule has 346 valence electrons. The second kappa shape index (κ2) is 21.3. The molecule has 3 amide bonds. The van der Waals surface area contributed by atoms with Gasteiger partial charge in [-0.15, -0.1) is 0 Å². The molecule has 0 saturated carbocycles. The summed E-state index contributed by atoms with van der Waals surface area (Å²) in [7, 11) is 0. The van der Waals surface area contributed by atoms with E-state index in [2.05, 4.69) is 44.6 Å². The van der Waals surface area contributed by atoms with Crippen LogP contribution in [-0.4, -0.2) is 91.1 Å². The first-order valence-electron chi connectivity index (χ1n) is 23.2. The number of imide groups is 1. The van der Waals surface area contributed by atoms with E-state index in [1.165, 1.54) is 0 Å². The van der Waals surface area contributed by atoms with Crippen LogP contribution in [0.3, 0.4) is 0 Å². The van der Waals surface area contributed by atoms with Crippen LogP contribution in [0.1, 0.15) is 83.4 Å². The SMILES string of the molecule is CCN(c1cc(-c2ccc(OCCOCCOCCCc3cccc4c3c3cccnc3n4C3CCC(=O)NC3=O)cc2)cc(C(=O)NCc2c(C)cc(C)[nH]c2=O)c1C)C1CCOCC1. The number of rotatable bonds is 19. The van der Waals surface area contributed by atoms with E-state index in [0.717, 1.165) is 93.4 Å². The van der Waals surface area contributed by atoms with Crippen molar-refractivity contribution in [1.82, 2.24) is 25.2 Å². The van der Waals surface area contributed by atoms with Gasteiger partial charge >= 0.3 is 0 Å². The molecule has 14 heteroatoms. The van der Waals surface area contributed by atoms with Gasteiger partial charge in [0.15, 0.2) is 0 Å². The van der Waals surface area contributed by atoms with E-state index in [9.17, 15) is 19.2 Å². The number of carbonyl (C=O) groups is 3. The third kappa shape index (κ3) is 10.4. The number of carbonyl (C=O) groups excluding carboxylic acids is 3. The molecule has 0 bridgehead atoms. The molecular formula is C52H60N6O8. The molecule has 3 N–H and O–H groups in total. The van der Waals surface area contributed by atoms with Gasteiger partial charge in [0, 0.05) is 84.9 Å². The molecule has 1 unspecified atom stereocenters. The number of aromatic amines is 1. The minimum absolute atomic E-state index is 0.126. The average molecular weight is 897 g/mol. The maximum absolute atomic E-state index is 13.9. The number of H-pyrrole nitrogens is 1. The zero-order chi connectivity index (χ0) is 46.2. The summed E-state index contributed by atoms with van der Waals surface area (Å²) in [5.41, 5.74) is 9.16. The number of ether oxygens (including phenoxy) is 4. The maximum atomic E-state index is 13.9. The summed E-state index contributed by atoms with van der Waals surface area (Å²) in [6.07, 6.45) is 5.91. The van der Waals surface area contributed by atoms with Gasteiger partial charge in [0.2, 0.25) is 11.8 Å². The van der Waals surface area contributed by atoms with Gasteiger partial charge in [0.25, 0.3) is 11.5 Å². The van der Waals surface area contributed by atoms with Crippen LogP contribution in [0, 0.1) is 20.8 Å². The third-order valence-corrected chi connectivity index (χ3v) is 12.8. The summed E-state index contributed by atoms with van der Waals surface area (Å²) in [5, 5.41) is 7.60. The lowest BCUT2D eigenvalue weighted by Crippen LogP contribution is -2.41. The van der Waals surface area contributed by atoms with Gasteiger partial charge in [-0.3, -0.25) is 24.5 Å². The van der Waals surface area contributed by atoms with Crippen LogP contribution in [0.2, 0.25) is 0 Å². The molecular weight excluding hydrogens is 837 g/mol. The van der Waals surface area contributed by atoms with E-state index in [1.54, 1.807) is 6.20 Å². The van der Waals surface area contributed by atoms with Gasteiger partial charge < -0.3 is 38.7 Å². The molecule has 0 radical (unpaired) electrons. The fraction of sp³-hybridized carbons (Fsp3) is 0.404. The summed E-state index contributed by atoms with van der Waals surface area (Å²) in [4.78, 5) is 61.3. The largest absolute Gasteiger partial charge is 0.491 e. The average Bonchev–Trinajstić information content (AvgIpc) is 3.65. The van der Waals surface area contributed by atoms with E-state index in [-0.39, 0.29) is 29.8 Å². The van der Waals surface area contributed by atoms with Gasteiger partial charge in [0.05, 0.1) is 25.3 Å². The van der Waals surface area contributed by atoms with E-state index < -0.39 is 6.04 Å². The molecule has 1 atom stereocenters. The zero-order valence-corrected chi connectivity index (χ0v) is 38.4. The second-order valence-electron chi connectivity index (χ2n) is 17.1. The Morgan fingerprint density at radius 3 is 2.42 bits per heavy atom. The van der Waals surface area contributed by atoms with E-state index >= 15 is 0 Å². The Bertz CT molecular complexity index is 2760. The number of piperidine rings is 1. The maximum Gasteiger partial charge on any atom is 0.253 e. The lowest BCUT2D eigenvalue weighted by molar-refractivity contribution is -0.135. The predicted octanol–water partition coefficient (Wildman–Crippen LogP) is 7.43. The lowest BCUT2D eigenvalue weighted by atomic mass is 9.95. The highest BCUT2D eigenvalue weighted by Gasteiger charge is 2.31. The number of aromatic nitrogens is 3. The smallest absolute Gasteiger partial charge is 0.253 e. The van der Waals surface area contributed by atoms with Crippen molar-refractivity contribution in [2.75, 3.05) is 57.7 Å². The molecule has 2 fully saturated rings. The third-order valence-electron chi connectivity index (χ3n) is 12.8. The topological polar surface area (TPSA) is 166 Å². The van der Waals surface area contributed by atoms with Crippen molar-refractivity contribution in [3.8, 4) is 16.9 Å². The molecule has 2 aliphatic rings. The Morgan fingerprint density at radius 1 is 0.894 bits per heavy atom. The summed E-state index contributed by atoms with van der Waals surface area (Å²) >= 11 is 0. The highest BCUT2D eigenvalue weighted by atomic mass is 16.5. The predicted molar refractivity (Wildman–Crippen MR) is 255 cm³/mol. The van der Waals surface area contributed by atoms with Crippen molar-refractivity contribution in [3.63, 3.8) is 0 Å². The molecule has 3 aromatic heterocycles. The number of nitrogens with one attached hydrogen (secondary N) is 3. The van der Waals surface area contributed by atoms with Crippen LogP contribution in [0.5, 0.6) is 5.75 Å². The van der Waals surface area contributed by atoms with Gasteiger partial charge in [0.1, 0.15) is 24.0 Å².